The minimum Gasteiger partial charge on any atom is -0.298 e. The molecule has 0 amide bonds. The number of hydrogen-bond donors (Lipinski definition) is 0. The van der Waals surface area contributed by atoms with Gasteiger partial charge >= 0.3 is 0 Å². The molecule has 0 aliphatic rings. The topological polar surface area (TPSA) is 47.8 Å². The van der Waals surface area contributed by atoms with Crippen LogP contribution >= 0.6 is 0 Å². The quantitative estimate of drug-likeness (QED) is 0.685. The van der Waals surface area contributed by atoms with Crippen molar-refractivity contribution >= 4 is 6.29 Å². The molecule has 98 valence electrons. The van der Waals surface area contributed by atoms with Gasteiger partial charge in [-0.2, -0.15) is 5.10 Å². The molecule has 2 aromatic heterocycles. The third-order valence-corrected chi connectivity index (χ3v) is 2.90. The summed E-state index contributed by atoms with van der Waals surface area (Å²) >= 11 is 0. The second-order valence-corrected chi connectivity index (χ2v) is 4.19. The summed E-state index contributed by atoms with van der Waals surface area (Å²) in [5.41, 5.74) is 1.88. The zero-order valence-corrected chi connectivity index (χ0v) is 10.4. The first kappa shape index (κ1) is 12.2. The van der Waals surface area contributed by atoms with E-state index in [4.69, 9.17) is 0 Å². The zero-order chi connectivity index (χ0) is 13.9. The van der Waals surface area contributed by atoms with Crippen LogP contribution in [0.3, 0.4) is 0 Å². The van der Waals surface area contributed by atoms with Gasteiger partial charge in [-0.15, -0.1) is 0 Å². The van der Waals surface area contributed by atoms with Gasteiger partial charge in [0.05, 0.1) is 5.56 Å². The Labute approximate surface area is 114 Å². The van der Waals surface area contributed by atoms with Crippen LogP contribution < -0.4 is 0 Å². The van der Waals surface area contributed by atoms with Crippen LogP contribution in [0.5, 0.6) is 0 Å². The molecule has 3 rings (SSSR count). The summed E-state index contributed by atoms with van der Waals surface area (Å²) in [4.78, 5) is 15.2. The lowest BCUT2D eigenvalue weighted by Crippen LogP contribution is -1.98. The van der Waals surface area contributed by atoms with Crippen LogP contribution in [-0.4, -0.2) is 21.1 Å². The van der Waals surface area contributed by atoms with E-state index in [2.05, 4.69) is 10.1 Å². The van der Waals surface area contributed by atoms with Gasteiger partial charge in [0.25, 0.3) is 0 Å². The van der Waals surface area contributed by atoms with Crippen LogP contribution in [-0.2, 0) is 0 Å². The maximum absolute atomic E-state index is 13.8. The summed E-state index contributed by atoms with van der Waals surface area (Å²) in [5, 5.41) is 4.29. The van der Waals surface area contributed by atoms with E-state index in [0.717, 1.165) is 0 Å². The molecule has 0 saturated heterocycles. The predicted molar refractivity (Wildman–Crippen MR) is 72.1 cm³/mol. The third kappa shape index (κ3) is 2.09. The van der Waals surface area contributed by atoms with Gasteiger partial charge in [-0.05, 0) is 24.3 Å². The summed E-state index contributed by atoms with van der Waals surface area (Å²) in [6.07, 6.45) is 5.46. The van der Waals surface area contributed by atoms with Crippen molar-refractivity contribution in [1.82, 2.24) is 14.8 Å². The molecule has 0 fully saturated rings. The van der Waals surface area contributed by atoms with Gasteiger partial charge in [0, 0.05) is 24.2 Å². The maximum atomic E-state index is 13.8. The van der Waals surface area contributed by atoms with Gasteiger partial charge < -0.3 is 0 Å². The van der Waals surface area contributed by atoms with Crippen LogP contribution in [0.15, 0.2) is 55.0 Å². The molecule has 2 heterocycles. The lowest BCUT2D eigenvalue weighted by atomic mass is 10.1. The minimum atomic E-state index is -0.398. The normalized spacial score (nSPS) is 10.4. The van der Waals surface area contributed by atoms with Gasteiger partial charge in [-0.25, -0.2) is 9.07 Å². The Morgan fingerprint density at radius 3 is 2.70 bits per heavy atom. The standard InChI is InChI=1S/C15H10FN3O/c16-13-5-1-2-6-14(13)19-9-12(10-20)15(18-19)11-4-3-7-17-8-11/h1-10H. The molecule has 0 aliphatic carbocycles. The lowest BCUT2D eigenvalue weighted by molar-refractivity contribution is 0.112. The molecule has 3 aromatic rings. The number of carbonyl (C=O) groups excluding carboxylic acids is 1. The molecule has 0 radical (unpaired) electrons. The summed E-state index contributed by atoms with van der Waals surface area (Å²) in [6.45, 7) is 0. The van der Waals surface area contributed by atoms with E-state index in [1.54, 1.807) is 42.7 Å². The van der Waals surface area contributed by atoms with Gasteiger partial charge in [0.2, 0.25) is 0 Å². The van der Waals surface area contributed by atoms with Crippen LogP contribution in [0.25, 0.3) is 16.9 Å². The fourth-order valence-corrected chi connectivity index (χ4v) is 1.96. The van der Waals surface area contributed by atoms with Crippen molar-refractivity contribution in [2.45, 2.75) is 0 Å². The number of halogens is 1. The summed E-state index contributed by atoms with van der Waals surface area (Å²) in [6, 6.07) is 9.82. The monoisotopic (exact) mass is 267 g/mol. The molecule has 0 N–H and O–H groups in total. The number of pyridine rings is 1. The van der Waals surface area contributed by atoms with Crippen molar-refractivity contribution in [2.75, 3.05) is 0 Å². The van der Waals surface area contributed by atoms with E-state index in [0.29, 0.717) is 28.8 Å². The van der Waals surface area contributed by atoms with Crippen LogP contribution in [0.4, 0.5) is 4.39 Å². The summed E-state index contributed by atoms with van der Waals surface area (Å²) in [7, 11) is 0. The molecule has 0 saturated carbocycles. The van der Waals surface area contributed by atoms with Crippen molar-refractivity contribution in [3.63, 3.8) is 0 Å². The van der Waals surface area contributed by atoms with Crippen molar-refractivity contribution in [2.24, 2.45) is 0 Å². The Balaban J connectivity index is 2.15. The van der Waals surface area contributed by atoms with Crippen molar-refractivity contribution in [3.05, 3.63) is 66.4 Å². The van der Waals surface area contributed by atoms with E-state index >= 15 is 0 Å². The van der Waals surface area contributed by atoms with E-state index in [9.17, 15) is 9.18 Å². The Hall–Kier alpha value is -2.82. The highest BCUT2D eigenvalue weighted by Crippen LogP contribution is 2.22. The first-order chi connectivity index (χ1) is 9.79. The Bertz CT molecular complexity index is 753. The molecular weight excluding hydrogens is 257 g/mol. The molecular formula is C15H10FN3O. The summed E-state index contributed by atoms with van der Waals surface area (Å²) < 4.78 is 15.1. The van der Waals surface area contributed by atoms with Crippen molar-refractivity contribution in [3.8, 4) is 16.9 Å². The van der Waals surface area contributed by atoms with Crippen molar-refractivity contribution < 1.29 is 9.18 Å². The molecule has 1 aromatic carbocycles. The molecule has 0 bridgehead atoms. The largest absolute Gasteiger partial charge is 0.298 e. The molecule has 0 aliphatic heterocycles. The van der Waals surface area contributed by atoms with Gasteiger partial charge in [0.15, 0.2) is 6.29 Å². The third-order valence-electron chi connectivity index (χ3n) is 2.90. The average Bonchev–Trinajstić information content (AvgIpc) is 2.92. The maximum Gasteiger partial charge on any atom is 0.153 e. The predicted octanol–water partition coefficient (Wildman–Crippen LogP) is 2.89. The Kier molecular flexibility index (Phi) is 3.09. The Morgan fingerprint density at radius 2 is 2.00 bits per heavy atom. The first-order valence-electron chi connectivity index (χ1n) is 6.00. The molecule has 0 unspecified atom stereocenters. The number of aromatic nitrogens is 3. The highest BCUT2D eigenvalue weighted by Gasteiger charge is 2.13. The van der Waals surface area contributed by atoms with E-state index in [-0.39, 0.29) is 0 Å². The lowest BCUT2D eigenvalue weighted by Gasteiger charge is -2.01. The number of nitrogens with zero attached hydrogens (tertiary/aromatic N) is 3. The van der Waals surface area contributed by atoms with Gasteiger partial charge in [-0.3, -0.25) is 9.78 Å². The van der Waals surface area contributed by atoms with E-state index in [1.807, 2.05) is 0 Å². The first-order valence-corrected chi connectivity index (χ1v) is 6.00. The number of benzene rings is 1. The van der Waals surface area contributed by atoms with E-state index < -0.39 is 5.82 Å². The molecule has 0 spiro atoms. The fourth-order valence-electron chi connectivity index (χ4n) is 1.96. The SMILES string of the molecule is O=Cc1cn(-c2ccccc2F)nc1-c1cccnc1. The smallest absolute Gasteiger partial charge is 0.153 e. The summed E-state index contributed by atoms with van der Waals surface area (Å²) in [5.74, 6) is -0.398. The van der Waals surface area contributed by atoms with Crippen molar-refractivity contribution in [1.29, 1.82) is 0 Å². The Morgan fingerprint density at radius 1 is 1.15 bits per heavy atom. The fraction of sp³-hybridized carbons (Fsp3) is 0. The van der Waals surface area contributed by atoms with Crippen LogP contribution in [0.2, 0.25) is 0 Å². The van der Waals surface area contributed by atoms with E-state index in [1.165, 1.54) is 16.9 Å². The highest BCUT2D eigenvalue weighted by atomic mass is 19.1. The second-order valence-electron chi connectivity index (χ2n) is 4.19. The molecule has 4 nitrogen and oxygen atoms in total. The number of carbonyl (C=O) groups is 1. The number of aldehydes is 1. The second kappa shape index (κ2) is 5.05. The zero-order valence-electron chi connectivity index (χ0n) is 10.4. The highest BCUT2D eigenvalue weighted by molar-refractivity contribution is 5.85. The minimum absolute atomic E-state index is 0.297. The molecule has 20 heavy (non-hydrogen) atoms. The average molecular weight is 267 g/mol. The van der Waals surface area contributed by atoms with Crippen LogP contribution in [0, 0.1) is 5.82 Å². The molecule has 5 heteroatoms. The van der Waals surface area contributed by atoms with Gasteiger partial charge in [0.1, 0.15) is 17.2 Å². The van der Waals surface area contributed by atoms with Gasteiger partial charge in [-0.1, -0.05) is 12.1 Å². The number of rotatable bonds is 3. The number of para-hydroxylation sites is 1. The van der Waals surface area contributed by atoms with Crippen LogP contribution in [0.1, 0.15) is 10.4 Å². The number of hydrogen-bond acceptors (Lipinski definition) is 3. The molecule has 0 atom stereocenters.